The number of hydrogen-bond donors (Lipinski definition) is 1. The van der Waals surface area contributed by atoms with Crippen LogP contribution in [0.15, 0.2) is 24.3 Å². The van der Waals surface area contributed by atoms with E-state index in [0.29, 0.717) is 19.2 Å². The number of methoxy groups -OCH3 is 1. The van der Waals surface area contributed by atoms with Crippen LogP contribution in [-0.4, -0.2) is 68.3 Å². The summed E-state index contributed by atoms with van der Waals surface area (Å²) in [5.41, 5.74) is 0. The largest absolute Gasteiger partial charge is 0.497 e. The molecule has 0 aliphatic carbocycles. The molecule has 1 heterocycles. The summed E-state index contributed by atoms with van der Waals surface area (Å²) in [4.78, 5) is 16.5. The molecule has 1 aromatic carbocycles. The molecule has 2 rings (SSSR count). The third-order valence-corrected chi connectivity index (χ3v) is 4.52. The zero-order chi connectivity index (χ0) is 17.4. The molecule has 0 spiro atoms. The van der Waals surface area contributed by atoms with Crippen LogP contribution in [0.5, 0.6) is 11.5 Å². The Morgan fingerprint density at radius 3 is 2.38 bits per heavy atom. The van der Waals surface area contributed by atoms with Gasteiger partial charge in [-0.3, -0.25) is 4.90 Å². The van der Waals surface area contributed by atoms with Crippen LogP contribution in [0.1, 0.15) is 20.3 Å². The second-order valence-corrected chi connectivity index (χ2v) is 6.04. The molecule has 24 heavy (non-hydrogen) atoms. The molecule has 1 fully saturated rings. The first-order valence-corrected chi connectivity index (χ1v) is 8.67. The number of nitrogens with one attached hydrogen (secondary N) is 1. The number of ether oxygens (including phenoxy) is 2. The summed E-state index contributed by atoms with van der Waals surface area (Å²) in [5.74, 6) is 1.57. The maximum Gasteiger partial charge on any atom is 0.317 e. The van der Waals surface area contributed by atoms with Crippen LogP contribution in [0.2, 0.25) is 0 Å². The second kappa shape index (κ2) is 9.37. The summed E-state index contributed by atoms with van der Waals surface area (Å²) in [6.45, 7) is 8.86. The fourth-order valence-electron chi connectivity index (χ4n) is 2.73. The molecule has 134 valence electrons. The van der Waals surface area contributed by atoms with Gasteiger partial charge in [-0.25, -0.2) is 4.79 Å². The number of carbonyl (C=O) groups is 1. The van der Waals surface area contributed by atoms with Crippen molar-refractivity contribution >= 4 is 6.03 Å². The van der Waals surface area contributed by atoms with E-state index in [1.807, 2.05) is 29.2 Å². The van der Waals surface area contributed by atoms with Crippen molar-refractivity contribution in [2.75, 3.05) is 46.4 Å². The predicted molar refractivity (Wildman–Crippen MR) is 94.8 cm³/mol. The number of nitrogens with zero attached hydrogens (tertiary/aromatic N) is 2. The summed E-state index contributed by atoms with van der Waals surface area (Å²) in [7, 11) is 1.63. The van der Waals surface area contributed by atoms with Gasteiger partial charge in [0.2, 0.25) is 0 Å². The SMILES string of the molecule is CCC(C)N1CCN(C(=O)NCCOc2ccc(OC)cc2)CC1. The predicted octanol–water partition coefficient (Wildman–Crippen LogP) is 2.20. The van der Waals surface area contributed by atoms with Crippen molar-refractivity contribution in [2.45, 2.75) is 26.3 Å². The minimum absolute atomic E-state index is 0.00266. The molecule has 1 aliphatic rings. The lowest BCUT2D eigenvalue weighted by Crippen LogP contribution is -2.53. The van der Waals surface area contributed by atoms with E-state index in [2.05, 4.69) is 24.1 Å². The fourth-order valence-corrected chi connectivity index (χ4v) is 2.73. The Morgan fingerprint density at radius 2 is 1.79 bits per heavy atom. The van der Waals surface area contributed by atoms with Crippen molar-refractivity contribution < 1.29 is 14.3 Å². The van der Waals surface area contributed by atoms with Crippen LogP contribution in [0.4, 0.5) is 4.79 Å². The third-order valence-electron chi connectivity index (χ3n) is 4.52. The average Bonchev–Trinajstić information content (AvgIpc) is 2.65. The van der Waals surface area contributed by atoms with Crippen LogP contribution in [0, 0.1) is 0 Å². The molecule has 0 saturated carbocycles. The van der Waals surface area contributed by atoms with Crippen LogP contribution >= 0.6 is 0 Å². The number of hydrogen-bond acceptors (Lipinski definition) is 4. The van der Waals surface area contributed by atoms with Crippen LogP contribution < -0.4 is 14.8 Å². The first kappa shape index (κ1) is 18.4. The summed E-state index contributed by atoms with van der Waals surface area (Å²) in [5, 5.41) is 2.92. The highest BCUT2D eigenvalue weighted by atomic mass is 16.5. The van der Waals surface area contributed by atoms with E-state index in [0.717, 1.165) is 44.1 Å². The van der Waals surface area contributed by atoms with E-state index >= 15 is 0 Å². The standard InChI is InChI=1S/C18H29N3O3/c1-4-15(2)20-10-12-21(13-11-20)18(22)19-9-14-24-17-7-5-16(23-3)6-8-17/h5-8,15H,4,9-14H2,1-3H3,(H,19,22). The highest BCUT2D eigenvalue weighted by Gasteiger charge is 2.22. The van der Waals surface area contributed by atoms with Gasteiger partial charge in [0.15, 0.2) is 0 Å². The molecule has 0 aromatic heterocycles. The van der Waals surface area contributed by atoms with Crippen LogP contribution in [0.25, 0.3) is 0 Å². The Balaban J connectivity index is 1.63. The number of piperazine rings is 1. The smallest absolute Gasteiger partial charge is 0.317 e. The molecule has 6 heteroatoms. The molecule has 0 bridgehead atoms. The number of carbonyl (C=O) groups excluding carboxylic acids is 1. The number of urea groups is 1. The van der Waals surface area contributed by atoms with Gasteiger partial charge in [0.05, 0.1) is 13.7 Å². The van der Waals surface area contributed by atoms with E-state index in [1.54, 1.807) is 7.11 Å². The van der Waals surface area contributed by atoms with Gasteiger partial charge in [-0.05, 0) is 37.6 Å². The lowest BCUT2D eigenvalue weighted by atomic mass is 10.2. The molecule has 1 unspecified atom stereocenters. The molecular weight excluding hydrogens is 306 g/mol. The van der Waals surface area contributed by atoms with Crippen molar-refractivity contribution in [1.82, 2.24) is 15.1 Å². The van der Waals surface area contributed by atoms with Crippen molar-refractivity contribution in [3.05, 3.63) is 24.3 Å². The molecule has 1 N–H and O–H groups in total. The maximum atomic E-state index is 12.2. The van der Waals surface area contributed by atoms with Crippen molar-refractivity contribution in [3.63, 3.8) is 0 Å². The summed E-state index contributed by atoms with van der Waals surface area (Å²) < 4.78 is 10.7. The zero-order valence-corrected chi connectivity index (χ0v) is 15.0. The Kier molecular flexibility index (Phi) is 7.18. The van der Waals surface area contributed by atoms with Gasteiger partial charge in [0.1, 0.15) is 18.1 Å². The van der Waals surface area contributed by atoms with Gasteiger partial charge in [-0.2, -0.15) is 0 Å². The molecule has 1 atom stereocenters. The molecule has 2 amide bonds. The lowest BCUT2D eigenvalue weighted by Gasteiger charge is -2.37. The second-order valence-electron chi connectivity index (χ2n) is 6.04. The van der Waals surface area contributed by atoms with E-state index < -0.39 is 0 Å². The fraction of sp³-hybridized carbons (Fsp3) is 0.611. The van der Waals surface area contributed by atoms with E-state index in [9.17, 15) is 4.79 Å². The van der Waals surface area contributed by atoms with Crippen LogP contribution in [-0.2, 0) is 0 Å². The Labute approximate surface area is 144 Å². The Hall–Kier alpha value is -1.95. The first-order chi connectivity index (χ1) is 11.6. The Morgan fingerprint density at radius 1 is 1.17 bits per heavy atom. The van der Waals surface area contributed by atoms with Gasteiger partial charge in [0, 0.05) is 32.2 Å². The Bertz CT molecular complexity index is 499. The molecule has 6 nitrogen and oxygen atoms in total. The van der Waals surface area contributed by atoms with Gasteiger partial charge in [-0.1, -0.05) is 6.92 Å². The van der Waals surface area contributed by atoms with Crippen molar-refractivity contribution in [1.29, 1.82) is 0 Å². The van der Waals surface area contributed by atoms with E-state index in [4.69, 9.17) is 9.47 Å². The van der Waals surface area contributed by atoms with Gasteiger partial charge in [0.25, 0.3) is 0 Å². The number of amides is 2. The quantitative estimate of drug-likeness (QED) is 0.776. The summed E-state index contributed by atoms with van der Waals surface area (Å²) in [6, 6.07) is 8.00. The molecule has 1 aromatic rings. The average molecular weight is 335 g/mol. The highest BCUT2D eigenvalue weighted by Crippen LogP contribution is 2.16. The zero-order valence-electron chi connectivity index (χ0n) is 15.0. The van der Waals surface area contributed by atoms with Crippen molar-refractivity contribution in [2.24, 2.45) is 0 Å². The molecule has 1 aliphatic heterocycles. The minimum Gasteiger partial charge on any atom is -0.497 e. The van der Waals surface area contributed by atoms with Gasteiger partial charge in [-0.15, -0.1) is 0 Å². The monoisotopic (exact) mass is 335 g/mol. The molecule has 0 radical (unpaired) electrons. The highest BCUT2D eigenvalue weighted by molar-refractivity contribution is 5.74. The van der Waals surface area contributed by atoms with Crippen molar-refractivity contribution in [3.8, 4) is 11.5 Å². The van der Waals surface area contributed by atoms with E-state index in [1.165, 1.54) is 0 Å². The first-order valence-electron chi connectivity index (χ1n) is 8.67. The van der Waals surface area contributed by atoms with Crippen LogP contribution in [0.3, 0.4) is 0 Å². The topological polar surface area (TPSA) is 54.0 Å². The lowest BCUT2D eigenvalue weighted by molar-refractivity contribution is 0.112. The number of benzene rings is 1. The van der Waals surface area contributed by atoms with Gasteiger partial charge >= 0.3 is 6.03 Å². The van der Waals surface area contributed by atoms with Gasteiger partial charge < -0.3 is 19.7 Å². The molecular formula is C18H29N3O3. The third kappa shape index (κ3) is 5.30. The van der Waals surface area contributed by atoms with E-state index in [-0.39, 0.29) is 6.03 Å². The summed E-state index contributed by atoms with van der Waals surface area (Å²) in [6.07, 6.45) is 1.15. The number of rotatable bonds is 7. The summed E-state index contributed by atoms with van der Waals surface area (Å²) >= 11 is 0. The maximum absolute atomic E-state index is 12.2. The normalized spacial score (nSPS) is 16.5. The molecule has 1 saturated heterocycles. The minimum atomic E-state index is -0.00266.